The Labute approximate surface area is 121 Å². The van der Waals surface area contributed by atoms with Gasteiger partial charge in [-0.05, 0) is 62.0 Å². The molecule has 0 radical (unpaired) electrons. The first kappa shape index (κ1) is 14.8. The van der Waals surface area contributed by atoms with E-state index < -0.39 is 0 Å². The lowest BCUT2D eigenvalue weighted by Gasteiger charge is -2.41. The summed E-state index contributed by atoms with van der Waals surface area (Å²) in [4.78, 5) is 2.39. The van der Waals surface area contributed by atoms with Crippen molar-refractivity contribution in [2.45, 2.75) is 39.2 Å². The van der Waals surface area contributed by atoms with Crippen LogP contribution in [0.3, 0.4) is 0 Å². The molecule has 0 saturated carbocycles. The van der Waals surface area contributed by atoms with Crippen molar-refractivity contribution in [2.75, 3.05) is 20.1 Å². The summed E-state index contributed by atoms with van der Waals surface area (Å²) >= 11 is 6.30. The van der Waals surface area contributed by atoms with E-state index in [9.17, 15) is 0 Å². The highest BCUT2D eigenvalue weighted by Crippen LogP contribution is 2.51. The van der Waals surface area contributed by atoms with E-state index in [0.29, 0.717) is 0 Å². The molecule has 3 heteroatoms. The van der Waals surface area contributed by atoms with Crippen molar-refractivity contribution in [2.24, 2.45) is 11.1 Å². The van der Waals surface area contributed by atoms with E-state index in [1.54, 1.807) is 0 Å². The Morgan fingerprint density at radius 1 is 1.26 bits per heavy atom. The fourth-order valence-corrected chi connectivity index (χ4v) is 3.65. The van der Waals surface area contributed by atoms with Gasteiger partial charge in [0.15, 0.2) is 0 Å². The Hall–Kier alpha value is -0.570. The van der Waals surface area contributed by atoms with Crippen LogP contribution in [0.4, 0.5) is 0 Å². The minimum Gasteiger partial charge on any atom is -0.323 e. The van der Waals surface area contributed by atoms with E-state index in [2.05, 4.69) is 18.0 Å². The predicted molar refractivity (Wildman–Crippen MR) is 82.6 cm³/mol. The Morgan fingerprint density at radius 2 is 1.89 bits per heavy atom. The number of nitrogens with zero attached hydrogens (tertiary/aromatic N) is 1. The molecule has 2 aliphatic rings. The van der Waals surface area contributed by atoms with Crippen LogP contribution < -0.4 is 5.73 Å². The topological polar surface area (TPSA) is 29.3 Å². The number of fused-ring (bicyclic) bond motifs is 1. The van der Waals surface area contributed by atoms with Crippen LogP contribution in [-0.2, 0) is 6.42 Å². The fraction of sp³-hybridized carbons (Fsp3) is 0.625. The van der Waals surface area contributed by atoms with Crippen molar-refractivity contribution in [3.05, 3.63) is 34.3 Å². The molecule has 0 unspecified atom stereocenters. The molecule has 1 atom stereocenters. The number of likely N-dealkylation sites (tertiary alicyclic amines) is 1. The minimum atomic E-state index is 0.171. The highest BCUT2D eigenvalue weighted by atomic mass is 35.5. The molecule has 0 amide bonds. The highest BCUT2D eigenvalue weighted by Gasteiger charge is 2.45. The molecule has 1 saturated heterocycles. The van der Waals surface area contributed by atoms with Crippen LogP contribution in [0.25, 0.3) is 0 Å². The third kappa shape index (κ3) is 2.54. The number of piperidine rings is 1. The molecule has 0 bridgehead atoms. The van der Waals surface area contributed by atoms with Gasteiger partial charge in [-0.2, -0.15) is 0 Å². The molecular formula is C16H25ClN2. The molecular weight excluding hydrogens is 256 g/mol. The summed E-state index contributed by atoms with van der Waals surface area (Å²) in [6.45, 7) is 6.30. The van der Waals surface area contributed by atoms with E-state index in [0.717, 1.165) is 24.5 Å². The van der Waals surface area contributed by atoms with Gasteiger partial charge in [-0.3, -0.25) is 0 Å². The van der Waals surface area contributed by atoms with E-state index in [1.165, 1.54) is 24.0 Å². The summed E-state index contributed by atoms with van der Waals surface area (Å²) in [6.07, 6.45) is 3.45. The Morgan fingerprint density at radius 3 is 2.47 bits per heavy atom. The van der Waals surface area contributed by atoms with Gasteiger partial charge in [-0.25, -0.2) is 0 Å². The summed E-state index contributed by atoms with van der Waals surface area (Å²) in [5.74, 6) is 0. The van der Waals surface area contributed by atoms with E-state index in [-0.39, 0.29) is 11.5 Å². The van der Waals surface area contributed by atoms with Gasteiger partial charge in [0.2, 0.25) is 0 Å². The fourth-order valence-electron chi connectivity index (χ4n) is 3.40. The van der Waals surface area contributed by atoms with Gasteiger partial charge in [-0.1, -0.05) is 37.6 Å². The smallest absolute Gasteiger partial charge is 0.0441 e. The molecule has 2 nitrogen and oxygen atoms in total. The van der Waals surface area contributed by atoms with Crippen LogP contribution in [-0.4, -0.2) is 25.0 Å². The Kier molecular flexibility index (Phi) is 4.54. The van der Waals surface area contributed by atoms with Gasteiger partial charge in [-0.15, -0.1) is 0 Å². The van der Waals surface area contributed by atoms with Crippen molar-refractivity contribution in [3.63, 3.8) is 0 Å². The number of hydrogen-bond donors (Lipinski definition) is 1. The van der Waals surface area contributed by atoms with Crippen molar-refractivity contribution in [3.8, 4) is 0 Å². The van der Waals surface area contributed by atoms with Gasteiger partial charge in [0.1, 0.15) is 0 Å². The zero-order chi connectivity index (χ0) is 14.0. The van der Waals surface area contributed by atoms with Crippen molar-refractivity contribution in [1.82, 2.24) is 4.90 Å². The number of hydrogen-bond acceptors (Lipinski definition) is 2. The van der Waals surface area contributed by atoms with Crippen LogP contribution in [0.15, 0.2) is 18.2 Å². The monoisotopic (exact) mass is 280 g/mol. The number of halogens is 1. The Balaban J connectivity index is 0.000000637. The maximum Gasteiger partial charge on any atom is 0.0441 e. The van der Waals surface area contributed by atoms with Crippen LogP contribution in [0.5, 0.6) is 0 Å². The Bertz CT molecular complexity index is 436. The third-order valence-electron chi connectivity index (χ3n) is 4.66. The van der Waals surface area contributed by atoms with E-state index in [4.69, 9.17) is 17.3 Å². The van der Waals surface area contributed by atoms with E-state index in [1.807, 2.05) is 26.0 Å². The van der Waals surface area contributed by atoms with Crippen LogP contribution >= 0.6 is 11.6 Å². The number of rotatable bonds is 0. The van der Waals surface area contributed by atoms with Crippen LogP contribution in [0.2, 0.25) is 5.02 Å². The second kappa shape index (κ2) is 5.82. The predicted octanol–water partition coefficient (Wildman–Crippen LogP) is 3.63. The van der Waals surface area contributed by atoms with Gasteiger partial charge >= 0.3 is 0 Å². The standard InChI is InChI=1S/C14H19ClN2.C2H6/c1-17-7-5-14(6-8-17)9-11-10(13(14)16)3-2-4-12(11)15;1-2/h2-4,13H,5-9,16H2,1H3;1-2H3/t13-;/m0./s1. The summed E-state index contributed by atoms with van der Waals surface area (Å²) < 4.78 is 0. The molecule has 1 aromatic carbocycles. The first-order valence-electron chi connectivity index (χ1n) is 7.34. The highest BCUT2D eigenvalue weighted by molar-refractivity contribution is 6.31. The average molecular weight is 281 g/mol. The lowest BCUT2D eigenvalue weighted by atomic mass is 9.73. The van der Waals surface area contributed by atoms with Gasteiger partial charge in [0, 0.05) is 11.1 Å². The molecule has 1 aliphatic carbocycles. The molecule has 1 aromatic rings. The van der Waals surface area contributed by atoms with Crippen molar-refractivity contribution >= 4 is 11.6 Å². The summed E-state index contributed by atoms with van der Waals surface area (Å²) in [5.41, 5.74) is 9.33. The van der Waals surface area contributed by atoms with E-state index >= 15 is 0 Å². The normalized spacial score (nSPS) is 24.8. The molecule has 0 aromatic heterocycles. The molecule has 3 rings (SSSR count). The summed E-state index contributed by atoms with van der Waals surface area (Å²) in [7, 11) is 2.19. The second-order valence-electron chi connectivity index (χ2n) is 5.63. The third-order valence-corrected chi connectivity index (χ3v) is 5.02. The molecule has 106 valence electrons. The lowest BCUT2D eigenvalue weighted by Crippen LogP contribution is -2.42. The average Bonchev–Trinajstić information content (AvgIpc) is 2.72. The van der Waals surface area contributed by atoms with Crippen LogP contribution in [0, 0.1) is 5.41 Å². The summed E-state index contributed by atoms with van der Waals surface area (Å²) in [5, 5.41) is 0.897. The maximum absolute atomic E-state index is 6.49. The van der Waals surface area contributed by atoms with Gasteiger partial charge in [0.05, 0.1) is 0 Å². The summed E-state index contributed by atoms with van der Waals surface area (Å²) in [6, 6.07) is 6.33. The first-order chi connectivity index (χ1) is 9.12. The SMILES string of the molecule is CC.CN1CCC2(CC1)Cc1c(Cl)cccc1[C@@H]2N. The molecule has 1 fully saturated rings. The molecule has 2 N–H and O–H groups in total. The largest absolute Gasteiger partial charge is 0.323 e. The lowest BCUT2D eigenvalue weighted by molar-refractivity contribution is 0.106. The van der Waals surface area contributed by atoms with Crippen molar-refractivity contribution < 1.29 is 0 Å². The van der Waals surface area contributed by atoms with Gasteiger partial charge in [0.25, 0.3) is 0 Å². The quantitative estimate of drug-likeness (QED) is 0.786. The second-order valence-corrected chi connectivity index (χ2v) is 6.03. The minimum absolute atomic E-state index is 0.171. The molecule has 1 spiro atoms. The van der Waals surface area contributed by atoms with Crippen LogP contribution in [0.1, 0.15) is 43.9 Å². The maximum atomic E-state index is 6.49. The molecule has 1 heterocycles. The molecule has 1 aliphatic heterocycles. The van der Waals surface area contributed by atoms with Crippen molar-refractivity contribution in [1.29, 1.82) is 0 Å². The number of benzene rings is 1. The molecule has 19 heavy (non-hydrogen) atoms. The zero-order valence-electron chi connectivity index (χ0n) is 12.2. The zero-order valence-corrected chi connectivity index (χ0v) is 13.0. The van der Waals surface area contributed by atoms with Gasteiger partial charge < -0.3 is 10.6 Å². The number of nitrogens with two attached hydrogens (primary N) is 1. The first-order valence-corrected chi connectivity index (χ1v) is 7.72.